The lowest BCUT2D eigenvalue weighted by molar-refractivity contribution is 0.193. The van der Waals surface area contributed by atoms with Crippen LogP contribution in [-0.4, -0.2) is 41.4 Å². The maximum absolute atomic E-state index is 9.05. The number of hydrogen-bond acceptors (Lipinski definition) is 5. The fourth-order valence-electron chi connectivity index (χ4n) is 1.80. The van der Waals surface area contributed by atoms with Crippen molar-refractivity contribution < 1.29 is 9.84 Å². The summed E-state index contributed by atoms with van der Waals surface area (Å²) in [5, 5.41) is 9.05. The Kier molecular flexibility index (Phi) is 3.36. The van der Waals surface area contributed by atoms with Crippen molar-refractivity contribution in [2.24, 2.45) is 0 Å². The van der Waals surface area contributed by atoms with Gasteiger partial charge in [0.1, 0.15) is 0 Å². The Hall–Kier alpha value is -1.20. The highest BCUT2D eigenvalue weighted by Gasteiger charge is 2.22. The Bertz CT molecular complexity index is 364. The zero-order chi connectivity index (χ0) is 11.5. The molecule has 0 aliphatic carbocycles. The normalized spacial score (nSPS) is 20.1. The van der Waals surface area contributed by atoms with Gasteiger partial charge in [0.05, 0.1) is 19.3 Å². The fourth-order valence-corrected chi connectivity index (χ4v) is 1.80. The summed E-state index contributed by atoms with van der Waals surface area (Å²) < 4.78 is 5.34. The van der Waals surface area contributed by atoms with Crippen LogP contribution in [0.1, 0.15) is 17.7 Å². The van der Waals surface area contributed by atoms with Gasteiger partial charge in [-0.2, -0.15) is 0 Å². The molecule has 1 aliphatic rings. The van der Waals surface area contributed by atoms with Crippen LogP contribution in [0, 0.1) is 6.92 Å². The molecule has 5 nitrogen and oxygen atoms in total. The van der Waals surface area contributed by atoms with Gasteiger partial charge in [0, 0.05) is 31.1 Å². The lowest BCUT2D eigenvalue weighted by Gasteiger charge is -2.23. The van der Waals surface area contributed by atoms with Crippen LogP contribution in [0.3, 0.4) is 0 Å². The van der Waals surface area contributed by atoms with Gasteiger partial charge in [0.25, 0.3) is 0 Å². The first-order valence-electron chi connectivity index (χ1n) is 5.46. The minimum absolute atomic E-state index is 0.0115. The number of aromatic nitrogens is 2. The van der Waals surface area contributed by atoms with E-state index in [-0.39, 0.29) is 6.61 Å². The molecule has 1 fully saturated rings. The zero-order valence-electron chi connectivity index (χ0n) is 9.68. The number of nitrogens with zero attached hydrogens (tertiary/aromatic N) is 3. The third-order valence-electron chi connectivity index (χ3n) is 3.01. The van der Waals surface area contributed by atoms with E-state index in [9.17, 15) is 0 Å². The molecule has 1 atom stereocenters. The third-order valence-corrected chi connectivity index (χ3v) is 3.01. The molecule has 1 aliphatic heterocycles. The number of aryl methyl sites for hydroxylation is 1. The van der Waals surface area contributed by atoms with E-state index in [4.69, 9.17) is 9.84 Å². The third kappa shape index (κ3) is 2.15. The van der Waals surface area contributed by atoms with E-state index >= 15 is 0 Å². The molecule has 1 N–H and O–H groups in total. The van der Waals surface area contributed by atoms with E-state index in [0.717, 1.165) is 30.9 Å². The summed E-state index contributed by atoms with van der Waals surface area (Å²) in [6, 6.07) is 0.361. The van der Waals surface area contributed by atoms with Crippen LogP contribution in [0.2, 0.25) is 0 Å². The predicted molar refractivity (Wildman–Crippen MR) is 60.3 cm³/mol. The molecule has 2 rings (SSSR count). The van der Waals surface area contributed by atoms with E-state index in [0.29, 0.717) is 12.0 Å². The molecule has 2 heterocycles. The molecular formula is C11H17N3O2. The maximum atomic E-state index is 9.05. The second-order valence-electron chi connectivity index (χ2n) is 4.07. The van der Waals surface area contributed by atoms with Crippen LogP contribution in [-0.2, 0) is 11.3 Å². The van der Waals surface area contributed by atoms with Crippen molar-refractivity contribution in [2.75, 3.05) is 25.2 Å². The summed E-state index contributed by atoms with van der Waals surface area (Å²) in [5.41, 5.74) is 1.61. The van der Waals surface area contributed by atoms with Crippen LogP contribution < -0.4 is 4.90 Å². The second kappa shape index (κ2) is 4.76. The van der Waals surface area contributed by atoms with Crippen LogP contribution in [0.5, 0.6) is 0 Å². The highest BCUT2D eigenvalue weighted by Crippen LogP contribution is 2.17. The van der Waals surface area contributed by atoms with Crippen molar-refractivity contribution in [2.45, 2.75) is 26.0 Å². The van der Waals surface area contributed by atoms with Gasteiger partial charge in [0.15, 0.2) is 0 Å². The molecule has 1 aromatic heterocycles. The molecule has 88 valence electrons. The Morgan fingerprint density at radius 3 is 3.00 bits per heavy atom. The Labute approximate surface area is 95.1 Å². The van der Waals surface area contributed by atoms with Crippen LogP contribution in [0.15, 0.2) is 6.20 Å². The van der Waals surface area contributed by atoms with Gasteiger partial charge in [0.2, 0.25) is 5.95 Å². The molecule has 0 saturated carbocycles. The van der Waals surface area contributed by atoms with Gasteiger partial charge in [-0.25, -0.2) is 9.97 Å². The van der Waals surface area contributed by atoms with Gasteiger partial charge in [-0.05, 0) is 13.3 Å². The molecule has 1 aromatic rings. The predicted octanol–water partition coefficient (Wildman–Crippen LogP) is 0.502. The average molecular weight is 223 g/mol. The lowest BCUT2D eigenvalue weighted by Crippen LogP contribution is -2.33. The first-order valence-corrected chi connectivity index (χ1v) is 5.46. The van der Waals surface area contributed by atoms with Crippen molar-refractivity contribution in [3.05, 3.63) is 17.5 Å². The standard InChI is InChI=1S/C11H17N3O2/c1-8-9(6-15)5-12-11(13-8)14(2)10-3-4-16-7-10/h5,10,15H,3-4,6-7H2,1-2H3. The number of ether oxygens (including phenoxy) is 1. The van der Waals surface area contributed by atoms with Crippen LogP contribution >= 0.6 is 0 Å². The molecule has 0 radical (unpaired) electrons. The Balaban J connectivity index is 2.16. The molecule has 1 unspecified atom stereocenters. The summed E-state index contributed by atoms with van der Waals surface area (Å²) in [7, 11) is 1.98. The highest BCUT2D eigenvalue weighted by molar-refractivity contribution is 5.33. The molecule has 0 aromatic carbocycles. The monoisotopic (exact) mass is 223 g/mol. The quantitative estimate of drug-likeness (QED) is 0.808. The van der Waals surface area contributed by atoms with Crippen molar-refractivity contribution in [1.29, 1.82) is 0 Å². The second-order valence-corrected chi connectivity index (χ2v) is 4.07. The van der Waals surface area contributed by atoms with Crippen LogP contribution in [0.25, 0.3) is 0 Å². The fraction of sp³-hybridized carbons (Fsp3) is 0.636. The maximum Gasteiger partial charge on any atom is 0.225 e. The zero-order valence-corrected chi connectivity index (χ0v) is 9.68. The van der Waals surface area contributed by atoms with Gasteiger partial charge in [-0.15, -0.1) is 0 Å². The van der Waals surface area contributed by atoms with E-state index in [1.165, 1.54) is 0 Å². The number of aliphatic hydroxyl groups excluding tert-OH is 1. The molecule has 1 saturated heterocycles. The molecule has 0 spiro atoms. The van der Waals surface area contributed by atoms with E-state index in [2.05, 4.69) is 9.97 Å². The summed E-state index contributed by atoms with van der Waals surface area (Å²) >= 11 is 0. The summed E-state index contributed by atoms with van der Waals surface area (Å²) in [5.74, 6) is 0.699. The first kappa shape index (κ1) is 11.3. The van der Waals surface area contributed by atoms with E-state index in [1.807, 2.05) is 18.9 Å². The van der Waals surface area contributed by atoms with Gasteiger partial charge in [-0.3, -0.25) is 0 Å². The minimum Gasteiger partial charge on any atom is -0.392 e. The minimum atomic E-state index is -0.0115. The van der Waals surface area contributed by atoms with Crippen molar-refractivity contribution in [1.82, 2.24) is 9.97 Å². The molecule has 0 bridgehead atoms. The van der Waals surface area contributed by atoms with Gasteiger partial charge < -0.3 is 14.7 Å². The van der Waals surface area contributed by atoms with Gasteiger partial charge in [-0.1, -0.05) is 0 Å². The largest absolute Gasteiger partial charge is 0.392 e. The van der Waals surface area contributed by atoms with E-state index < -0.39 is 0 Å². The average Bonchev–Trinajstić information content (AvgIpc) is 2.81. The summed E-state index contributed by atoms with van der Waals surface area (Å²) in [6.07, 6.45) is 2.70. The van der Waals surface area contributed by atoms with E-state index in [1.54, 1.807) is 6.20 Å². The number of likely N-dealkylation sites (N-methyl/N-ethyl adjacent to an activating group) is 1. The first-order chi connectivity index (χ1) is 7.72. The SMILES string of the molecule is Cc1nc(N(C)C2CCOC2)ncc1CO. The van der Waals surface area contributed by atoms with Crippen molar-refractivity contribution in [3.63, 3.8) is 0 Å². The smallest absolute Gasteiger partial charge is 0.225 e. The van der Waals surface area contributed by atoms with Gasteiger partial charge >= 0.3 is 0 Å². The molecular weight excluding hydrogens is 206 g/mol. The Morgan fingerprint density at radius 2 is 2.44 bits per heavy atom. The number of rotatable bonds is 3. The number of aliphatic hydroxyl groups is 1. The summed E-state index contributed by atoms with van der Waals surface area (Å²) in [4.78, 5) is 10.7. The lowest BCUT2D eigenvalue weighted by atomic mass is 10.2. The number of hydrogen-bond donors (Lipinski definition) is 1. The molecule has 0 amide bonds. The van der Waals surface area contributed by atoms with Crippen molar-refractivity contribution in [3.8, 4) is 0 Å². The molecule has 16 heavy (non-hydrogen) atoms. The number of anilines is 1. The topological polar surface area (TPSA) is 58.5 Å². The Morgan fingerprint density at radius 1 is 1.62 bits per heavy atom. The highest BCUT2D eigenvalue weighted by atomic mass is 16.5. The molecule has 5 heteroatoms. The van der Waals surface area contributed by atoms with Crippen molar-refractivity contribution >= 4 is 5.95 Å². The van der Waals surface area contributed by atoms with Crippen LogP contribution in [0.4, 0.5) is 5.95 Å². The summed E-state index contributed by atoms with van der Waals surface area (Å²) in [6.45, 7) is 3.42.